The van der Waals surface area contributed by atoms with Crippen molar-refractivity contribution in [1.82, 2.24) is 4.98 Å². The van der Waals surface area contributed by atoms with Crippen molar-refractivity contribution in [2.75, 3.05) is 11.4 Å². The molecule has 3 nitrogen and oxygen atoms in total. The lowest BCUT2D eigenvalue weighted by molar-refractivity contribution is 0.101. The van der Waals surface area contributed by atoms with Crippen molar-refractivity contribution in [3.05, 3.63) is 24.0 Å². The molecule has 0 radical (unpaired) electrons. The minimum atomic E-state index is 0.0230. The molecule has 17 heavy (non-hydrogen) atoms. The molecule has 0 spiro atoms. The van der Waals surface area contributed by atoms with E-state index in [0.717, 1.165) is 18.2 Å². The van der Waals surface area contributed by atoms with Gasteiger partial charge in [-0.3, -0.25) is 9.78 Å². The van der Waals surface area contributed by atoms with Gasteiger partial charge in [-0.25, -0.2) is 0 Å². The first-order valence-corrected chi connectivity index (χ1v) is 6.31. The molecule has 1 heterocycles. The Bertz CT molecular complexity index is 393. The van der Waals surface area contributed by atoms with Gasteiger partial charge in [0.05, 0.1) is 11.9 Å². The number of ketones is 1. The third-order valence-electron chi connectivity index (χ3n) is 3.22. The zero-order valence-corrected chi connectivity index (χ0v) is 10.8. The zero-order valence-electron chi connectivity index (χ0n) is 10.8. The molecule has 0 unspecified atom stereocenters. The Labute approximate surface area is 103 Å². The highest BCUT2D eigenvalue weighted by atomic mass is 16.1. The number of hydrogen-bond acceptors (Lipinski definition) is 3. The van der Waals surface area contributed by atoms with Crippen LogP contribution in [0.4, 0.5) is 5.69 Å². The maximum absolute atomic E-state index is 11.2. The van der Waals surface area contributed by atoms with E-state index >= 15 is 0 Å². The highest BCUT2D eigenvalue weighted by molar-refractivity contribution is 5.92. The molecule has 1 aliphatic carbocycles. The molecule has 1 aromatic rings. The summed E-state index contributed by atoms with van der Waals surface area (Å²) in [5.41, 5.74) is 1.67. The largest absolute Gasteiger partial charge is 0.368 e. The van der Waals surface area contributed by atoms with Gasteiger partial charge in [0.1, 0.15) is 5.69 Å². The van der Waals surface area contributed by atoms with Crippen LogP contribution in [0.25, 0.3) is 0 Å². The van der Waals surface area contributed by atoms with E-state index in [-0.39, 0.29) is 5.78 Å². The number of hydrogen-bond donors (Lipinski definition) is 0. The van der Waals surface area contributed by atoms with E-state index in [9.17, 15) is 4.79 Å². The molecule has 2 rings (SSSR count). The summed E-state index contributed by atoms with van der Waals surface area (Å²) in [5.74, 6) is 0.875. The molecule has 0 aliphatic heterocycles. The number of pyridine rings is 1. The van der Waals surface area contributed by atoms with E-state index < -0.39 is 0 Å². The van der Waals surface area contributed by atoms with Crippen molar-refractivity contribution >= 4 is 11.5 Å². The number of Topliss-reactive ketones (excluding diaryl/α,β-unsaturated/α-hetero) is 1. The fourth-order valence-electron chi connectivity index (χ4n) is 1.96. The fraction of sp³-hybridized carbons (Fsp3) is 0.571. The second-order valence-electron chi connectivity index (χ2n) is 5.15. The van der Waals surface area contributed by atoms with Gasteiger partial charge in [0.25, 0.3) is 0 Å². The summed E-state index contributed by atoms with van der Waals surface area (Å²) in [4.78, 5) is 17.8. The van der Waals surface area contributed by atoms with Crippen LogP contribution in [0.3, 0.4) is 0 Å². The molecule has 0 aromatic carbocycles. The zero-order chi connectivity index (χ0) is 12.4. The lowest BCUT2D eigenvalue weighted by Gasteiger charge is -2.28. The molecule has 0 N–H and O–H groups in total. The molecular formula is C14H20N2O. The van der Waals surface area contributed by atoms with Crippen molar-refractivity contribution in [1.29, 1.82) is 0 Å². The van der Waals surface area contributed by atoms with Gasteiger partial charge in [-0.05, 0) is 44.7 Å². The maximum atomic E-state index is 11.2. The van der Waals surface area contributed by atoms with Crippen LogP contribution < -0.4 is 4.90 Å². The van der Waals surface area contributed by atoms with Crippen molar-refractivity contribution in [3.63, 3.8) is 0 Å². The lowest BCUT2D eigenvalue weighted by Crippen LogP contribution is -2.32. The molecule has 1 fully saturated rings. The Morgan fingerprint density at radius 3 is 2.59 bits per heavy atom. The Hall–Kier alpha value is -1.38. The summed E-state index contributed by atoms with van der Waals surface area (Å²) in [5, 5.41) is 0. The Morgan fingerprint density at radius 2 is 2.18 bits per heavy atom. The van der Waals surface area contributed by atoms with Gasteiger partial charge in [-0.15, -0.1) is 0 Å². The smallest absolute Gasteiger partial charge is 0.178 e. The first-order chi connectivity index (χ1) is 8.08. The van der Waals surface area contributed by atoms with Gasteiger partial charge in [0.15, 0.2) is 5.78 Å². The number of aromatic nitrogens is 1. The summed E-state index contributed by atoms with van der Waals surface area (Å²) in [6.07, 6.45) is 4.52. The molecule has 1 aromatic heterocycles. The summed E-state index contributed by atoms with van der Waals surface area (Å²) in [6.45, 7) is 7.05. The Balaban J connectivity index is 2.14. The first-order valence-electron chi connectivity index (χ1n) is 6.31. The van der Waals surface area contributed by atoms with E-state index in [1.807, 2.05) is 18.3 Å². The topological polar surface area (TPSA) is 33.2 Å². The van der Waals surface area contributed by atoms with E-state index in [4.69, 9.17) is 0 Å². The van der Waals surface area contributed by atoms with E-state index in [0.29, 0.717) is 11.7 Å². The van der Waals surface area contributed by atoms with Gasteiger partial charge in [-0.2, -0.15) is 0 Å². The lowest BCUT2D eigenvalue weighted by atomic mass is 10.2. The molecule has 92 valence electrons. The van der Waals surface area contributed by atoms with Gasteiger partial charge in [0.2, 0.25) is 0 Å². The number of anilines is 1. The molecule has 0 amide bonds. The number of rotatable bonds is 5. The first kappa shape index (κ1) is 12.1. The van der Waals surface area contributed by atoms with Crippen LogP contribution in [0.15, 0.2) is 18.3 Å². The van der Waals surface area contributed by atoms with Crippen molar-refractivity contribution < 1.29 is 4.79 Å². The van der Waals surface area contributed by atoms with Gasteiger partial charge >= 0.3 is 0 Å². The second kappa shape index (κ2) is 4.86. The van der Waals surface area contributed by atoms with Crippen molar-refractivity contribution in [2.45, 2.75) is 39.7 Å². The molecule has 1 saturated carbocycles. The molecule has 3 heteroatoms. The predicted molar refractivity (Wildman–Crippen MR) is 69.4 cm³/mol. The van der Waals surface area contributed by atoms with Crippen LogP contribution in [0.5, 0.6) is 0 Å². The van der Waals surface area contributed by atoms with E-state index in [1.165, 1.54) is 12.8 Å². The number of carbonyl (C=O) groups is 1. The maximum Gasteiger partial charge on any atom is 0.178 e. The van der Waals surface area contributed by atoms with Crippen LogP contribution in [0.1, 0.15) is 44.1 Å². The second-order valence-corrected chi connectivity index (χ2v) is 5.15. The van der Waals surface area contributed by atoms with Crippen LogP contribution in [-0.4, -0.2) is 23.4 Å². The summed E-state index contributed by atoms with van der Waals surface area (Å²) >= 11 is 0. The molecule has 1 aliphatic rings. The number of carbonyl (C=O) groups excluding carboxylic acids is 1. The van der Waals surface area contributed by atoms with Gasteiger partial charge in [-0.1, -0.05) is 0 Å². The fourth-order valence-corrected chi connectivity index (χ4v) is 1.96. The SMILES string of the molecule is CC(=O)c1ccc(N(CC2CC2)C(C)C)cn1. The van der Waals surface area contributed by atoms with E-state index in [1.54, 1.807) is 6.92 Å². The van der Waals surface area contributed by atoms with E-state index in [2.05, 4.69) is 23.7 Å². The quantitative estimate of drug-likeness (QED) is 0.732. The van der Waals surface area contributed by atoms with Crippen LogP contribution >= 0.6 is 0 Å². The Morgan fingerprint density at radius 1 is 1.47 bits per heavy atom. The normalized spacial score (nSPS) is 15.1. The highest BCUT2D eigenvalue weighted by Gasteiger charge is 2.25. The molecular weight excluding hydrogens is 212 g/mol. The van der Waals surface area contributed by atoms with Crippen molar-refractivity contribution in [3.8, 4) is 0 Å². The number of nitrogens with zero attached hydrogens (tertiary/aromatic N) is 2. The summed E-state index contributed by atoms with van der Waals surface area (Å²) in [7, 11) is 0. The average molecular weight is 232 g/mol. The minimum absolute atomic E-state index is 0.0230. The standard InChI is InChI=1S/C14H20N2O/c1-10(2)16(9-12-4-5-12)13-6-7-14(11(3)17)15-8-13/h6-8,10,12H,4-5,9H2,1-3H3. The highest BCUT2D eigenvalue weighted by Crippen LogP contribution is 2.32. The third-order valence-corrected chi connectivity index (χ3v) is 3.22. The van der Waals surface area contributed by atoms with Crippen LogP contribution in [0, 0.1) is 5.92 Å². The van der Waals surface area contributed by atoms with Crippen LogP contribution in [-0.2, 0) is 0 Å². The summed E-state index contributed by atoms with van der Waals surface area (Å²) in [6, 6.07) is 4.30. The van der Waals surface area contributed by atoms with Gasteiger partial charge in [0, 0.05) is 19.5 Å². The predicted octanol–water partition coefficient (Wildman–Crippen LogP) is 2.91. The van der Waals surface area contributed by atoms with Gasteiger partial charge < -0.3 is 4.90 Å². The molecule has 0 saturated heterocycles. The van der Waals surface area contributed by atoms with Crippen LogP contribution in [0.2, 0.25) is 0 Å². The minimum Gasteiger partial charge on any atom is -0.368 e. The summed E-state index contributed by atoms with van der Waals surface area (Å²) < 4.78 is 0. The molecule has 0 bridgehead atoms. The Kier molecular flexibility index (Phi) is 3.46. The monoisotopic (exact) mass is 232 g/mol. The van der Waals surface area contributed by atoms with Crippen molar-refractivity contribution in [2.24, 2.45) is 5.92 Å². The third kappa shape index (κ3) is 3.05. The average Bonchev–Trinajstić information content (AvgIpc) is 3.09. The molecule has 0 atom stereocenters.